The molecule has 90 valence electrons. The van der Waals surface area contributed by atoms with Crippen LogP contribution >= 0.6 is 0 Å². The van der Waals surface area contributed by atoms with Gasteiger partial charge >= 0.3 is 0 Å². The van der Waals surface area contributed by atoms with E-state index in [1.54, 1.807) is 6.07 Å². The Bertz CT molecular complexity index is 368. The van der Waals surface area contributed by atoms with Gasteiger partial charge in [-0.3, -0.25) is 9.89 Å². The molecule has 0 atom stereocenters. The maximum Gasteiger partial charge on any atom is 0.272 e. The number of hydrogen-bond acceptors (Lipinski definition) is 3. The van der Waals surface area contributed by atoms with Crippen LogP contribution in [0.25, 0.3) is 0 Å². The average Bonchev–Trinajstić information content (AvgIpc) is 2.66. The van der Waals surface area contributed by atoms with Crippen molar-refractivity contribution >= 4 is 5.91 Å². The molecule has 5 nitrogen and oxygen atoms in total. The molecular weight excluding hydrogens is 204 g/mol. The fourth-order valence-electron chi connectivity index (χ4n) is 1.17. The third kappa shape index (κ3) is 3.06. The van der Waals surface area contributed by atoms with Gasteiger partial charge in [-0.25, -0.2) is 0 Å². The number of hydrogen-bond donors (Lipinski definition) is 3. The lowest BCUT2D eigenvalue weighted by molar-refractivity contribution is 0.0910. The van der Waals surface area contributed by atoms with Crippen molar-refractivity contribution in [1.82, 2.24) is 15.5 Å². The van der Waals surface area contributed by atoms with E-state index in [1.807, 2.05) is 27.7 Å². The molecule has 0 spiro atoms. The number of aromatic nitrogens is 2. The number of carbonyl (C=O) groups is 1. The molecule has 0 aliphatic heterocycles. The Hall–Kier alpha value is -1.36. The van der Waals surface area contributed by atoms with Crippen LogP contribution < -0.4 is 11.1 Å². The van der Waals surface area contributed by atoms with Crippen molar-refractivity contribution in [1.29, 1.82) is 0 Å². The van der Waals surface area contributed by atoms with Gasteiger partial charge in [0.1, 0.15) is 5.69 Å². The Balaban J connectivity index is 2.74. The summed E-state index contributed by atoms with van der Waals surface area (Å²) >= 11 is 0. The van der Waals surface area contributed by atoms with Gasteiger partial charge in [0.15, 0.2) is 0 Å². The Morgan fingerprint density at radius 3 is 2.69 bits per heavy atom. The quantitative estimate of drug-likeness (QED) is 0.713. The van der Waals surface area contributed by atoms with Crippen LogP contribution in [0, 0.1) is 0 Å². The van der Waals surface area contributed by atoms with Crippen LogP contribution in [0.3, 0.4) is 0 Å². The topological polar surface area (TPSA) is 83.8 Å². The fourth-order valence-corrected chi connectivity index (χ4v) is 1.17. The molecule has 1 rings (SSSR count). The van der Waals surface area contributed by atoms with Gasteiger partial charge in [-0.2, -0.15) is 5.10 Å². The summed E-state index contributed by atoms with van der Waals surface area (Å²) in [5, 5.41) is 9.65. The predicted molar refractivity (Wildman–Crippen MR) is 63.3 cm³/mol. The third-order valence-corrected chi connectivity index (χ3v) is 2.41. The van der Waals surface area contributed by atoms with Crippen molar-refractivity contribution in [3.8, 4) is 0 Å². The molecule has 1 aromatic heterocycles. The maximum absolute atomic E-state index is 11.8. The van der Waals surface area contributed by atoms with Gasteiger partial charge in [0, 0.05) is 17.8 Å². The van der Waals surface area contributed by atoms with E-state index in [0.717, 1.165) is 5.69 Å². The van der Waals surface area contributed by atoms with Gasteiger partial charge in [-0.15, -0.1) is 0 Å². The largest absolute Gasteiger partial charge is 0.344 e. The van der Waals surface area contributed by atoms with E-state index in [2.05, 4.69) is 15.5 Å². The normalized spacial score (nSPS) is 11.9. The van der Waals surface area contributed by atoms with Crippen LogP contribution in [-0.2, 0) is 0 Å². The minimum absolute atomic E-state index is 0.196. The highest BCUT2D eigenvalue weighted by Gasteiger charge is 2.21. The van der Waals surface area contributed by atoms with E-state index >= 15 is 0 Å². The molecule has 0 fully saturated rings. The number of amides is 1. The monoisotopic (exact) mass is 224 g/mol. The van der Waals surface area contributed by atoms with Crippen molar-refractivity contribution in [3.63, 3.8) is 0 Å². The number of aromatic amines is 1. The van der Waals surface area contributed by atoms with E-state index in [4.69, 9.17) is 5.73 Å². The van der Waals surface area contributed by atoms with Gasteiger partial charge in [-0.05, 0) is 25.8 Å². The number of nitrogens with zero attached hydrogens (tertiary/aromatic N) is 1. The van der Waals surface area contributed by atoms with Crippen molar-refractivity contribution in [2.24, 2.45) is 5.73 Å². The van der Waals surface area contributed by atoms with Crippen LogP contribution in [-0.4, -0.2) is 28.2 Å². The van der Waals surface area contributed by atoms with Crippen molar-refractivity contribution < 1.29 is 4.79 Å². The highest BCUT2D eigenvalue weighted by molar-refractivity contribution is 5.92. The summed E-state index contributed by atoms with van der Waals surface area (Å²) in [7, 11) is 0. The molecule has 0 bridgehead atoms. The van der Waals surface area contributed by atoms with Crippen molar-refractivity contribution in [2.45, 2.75) is 39.2 Å². The number of nitrogens with two attached hydrogens (primary N) is 1. The maximum atomic E-state index is 11.8. The molecule has 0 saturated heterocycles. The van der Waals surface area contributed by atoms with E-state index in [1.165, 1.54) is 0 Å². The van der Waals surface area contributed by atoms with E-state index < -0.39 is 5.54 Å². The highest BCUT2D eigenvalue weighted by atomic mass is 16.2. The first kappa shape index (κ1) is 12.7. The highest BCUT2D eigenvalue weighted by Crippen LogP contribution is 2.12. The first-order valence-corrected chi connectivity index (χ1v) is 5.43. The summed E-state index contributed by atoms with van der Waals surface area (Å²) in [5.41, 5.74) is 6.50. The lowest BCUT2D eigenvalue weighted by Crippen LogP contribution is -2.48. The minimum Gasteiger partial charge on any atom is -0.344 e. The van der Waals surface area contributed by atoms with Gasteiger partial charge < -0.3 is 11.1 Å². The predicted octanol–water partition coefficient (Wildman–Crippen LogP) is 1.00. The van der Waals surface area contributed by atoms with E-state index in [-0.39, 0.29) is 5.91 Å². The van der Waals surface area contributed by atoms with Crippen LogP contribution in [0.1, 0.15) is 49.8 Å². The Labute approximate surface area is 95.8 Å². The lowest BCUT2D eigenvalue weighted by atomic mass is 10.1. The van der Waals surface area contributed by atoms with Crippen LogP contribution in [0.15, 0.2) is 6.07 Å². The van der Waals surface area contributed by atoms with Gasteiger partial charge in [0.05, 0.1) is 0 Å². The second-order valence-corrected chi connectivity index (χ2v) is 4.91. The molecule has 1 heterocycles. The van der Waals surface area contributed by atoms with Gasteiger partial charge in [0.2, 0.25) is 0 Å². The molecule has 0 aromatic carbocycles. The zero-order chi connectivity index (χ0) is 12.3. The Morgan fingerprint density at radius 1 is 1.62 bits per heavy atom. The molecular formula is C11H20N4O. The second-order valence-electron chi connectivity index (χ2n) is 4.91. The Morgan fingerprint density at radius 2 is 2.25 bits per heavy atom. The number of H-pyrrole nitrogens is 1. The molecule has 5 heteroatoms. The summed E-state index contributed by atoms with van der Waals surface area (Å²) in [5.74, 6) is 0.134. The first-order valence-electron chi connectivity index (χ1n) is 5.43. The molecule has 1 aromatic rings. The molecule has 0 saturated carbocycles. The van der Waals surface area contributed by atoms with Crippen LogP contribution in [0.2, 0.25) is 0 Å². The summed E-state index contributed by atoms with van der Waals surface area (Å²) in [6.45, 7) is 8.22. The standard InChI is InChI=1S/C11H20N4O/c1-7(2)8-5-9(15-14-8)10(16)13-11(3,4)6-12/h5,7H,6,12H2,1-4H3,(H,13,16)(H,14,15). The van der Waals surface area contributed by atoms with Crippen LogP contribution in [0.4, 0.5) is 0 Å². The molecule has 0 radical (unpaired) electrons. The summed E-state index contributed by atoms with van der Waals surface area (Å²) < 4.78 is 0. The first-order chi connectivity index (χ1) is 7.35. The van der Waals surface area contributed by atoms with Crippen molar-refractivity contribution in [2.75, 3.05) is 6.54 Å². The number of nitrogens with one attached hydrogen (secondary N) is 2. The fraction of sp³-hybridized carbons (Fsp3) is 0.636. The zero-order valence-electron chi connectivity index (χ0n) is 10.3. The van der Waals surface area contributed by atoms with E-state index in [0.29, 0.717) is 18.2 Å². The van der Waals surface area contributed by atoms with Gasteiger partial charge in [0.25, 0.3) is 5.91 Å². The molecule has 4 N–H and O–H groups in total. The van der Waals surface area contributed by atoms with E-state index in [9.17, 15) is 4.79 Å². The molecule has 1 amide bonds. The summed E-state index contributed by atoms with van der Waals surface area (Å²) in [6, 6.07) is 1.77. The molecule has 0 aliphatic carbocycles. The lowest BCUT2D eigenvalue weighted by Gasteiger charge is -2.23. The third-order valence-electron chi connectivity index (χ3n) is 2.41. The zero-order valence-corrected chi connectivity index (χ0v) is 10.3. The number of carbonyl (C=O) groups excluding carboxylic acids is 1. The smallest absolute Gasteiger partial charge is 0.272 e. The Kier molecular flexibility index (Phi) is 3.70. The van der Waals surface area contributed by atoms with Gasteiger partial charge in [-0.1, -0.05) is 13.8 Å². The van der Waals surface area contributed by atoms with Crippen LogP contribution in [0.5, 0.6) is 0 Å². The molecule has 16 heavy (non-hydrogen) atoms. The minimum atomic E-state index is -0.409. The van der Waals surface area contributed by atoms with Crippen molar-refractivity contribution in [3.05, 3.63) is 17.5 Å². The SMILES string of the molecule is CC(C)c1cc(C(=O)NC(C)(C)CN)n[nH]1. The second kappa shape index (κ2) is 4.65. The average molecular weight is 224 g/mol. The summed E-state index contributed by atoms with van der Waals surface area (Å²) in [4.78, 5) is 11.8. The summed E-state index contributed by atoms with van der Waals surface area (Å²) in [6.07, 6.45) is 0. The number of rotatable bonds is 4. The molecule has 0 unspecified atom stereocenters. The molecule has 0 aliphatic rings.